The standard InChI is InChI=1S/C11H16O.C2H6/c1-5-8-10(6-2)11(7-3)9(4)12;1-2/h5,7-8H,1,6H2,2-4H3;1-2H3/b10-8-,11-7-;. The number of rotatable bonds is 4. The molecule has 0 aromatic heterocycles. The zero-order valence-electron chi connectivity index (χ0n) is 10.1. The SMILES string of the molecule is C=C/C=C(CC)\C(=C/C)C(C)=O.CC. The fourth-order valence-corrected chi connectivity index (χ4v) is 1.16. The summed E-state index contributed by atoms with van der Waals surface area (Å²) in [4.78, 5) is 11.1. The van der Waals surface area contributed by atoms with E-state index in [1.54, 1.807) is 13.0 Å². The predicted molar refractivity (Wildman–Crippen MR) is 64.4 cm³/mol. The molecule has 0 N–H and O–H groups in total. The van der Waals surface area contributed by atoms with E-state index < -0.39 is 0 Å². The third-order valence-electron chi connectivity index (χ3n) is 1.71. The van der Waals surface area contributed by atoms with Crippen LogP contribution >= 0.6 is 0 Å². The number of carbonyl (C=O) groups excluding carboxylic acids is 1. The Balaban J connectivity index is 0. The van der Waals surface area contributed by atoms with Crippen molar-refractivity contribution in [3.05, 3.63) is 36.0 Å². The highest BCUT2D eigenvalue weighted by Gasteiger charge is 2.05. The number of carbonyl (C=O) groups is 1. The van der Waals surface area contributed by atoms with Crippen molar-refractivity contribution in [1.29, 1.82) is 0 Å². The molecule has 1 heteroatoms. The fourth-order valence-electron chi connectivity index (χ4n) is 1.16. The topological polar surface area (TPSA) is 17.1 Å². The highest BCUT2D eigenvalue weighted by Crippen LogP contribution is 2.14. The van der Waals surface area contributed by atoms with Gasteiger partial charge in [0.15, 0.2) is 5.78 Å². The summed E-state index contributed by atoms with van der Waals surface area (Å²) in [6.07, 6.45) is 6.31. The lowest BCUT2D eigenvalue weighted by Crippen LogP contribution is -1.99. The van der Waals surface area contributed by atoms with E-state index in [1.807, 2.05) is 39.8 Å². The van der Waals surface area contributed by atoms with Crippen molar-refractivity contribution < 1.29 is 4.79 Å². The molecular formula is C13H22O. The molecule has 0 radical (unpaired) electrons. The number of allylic oxidation sites excluding steroid dienone is 5. The second-order valence-corrected chi connectivity index (χ2v) is 2.54. The van der Waals surface area contributed by atoms with E-state index in [0.717, 1.165) is 17.6 Å². The maximum Gasteiger partial charge on any atom is 0.159 e. The summed E-state index contributed by atoms with van der Waals surface area (Å²) in [7, 11) is 0. The van der Waals surface area contributed by atoms with Gasteiger partial charge in [0.05, 0.1) is 0 Å². The molecule has 0 aromatic rings. The summed E-state index contributed by atoms with van der Waals surface area (Å²) in [5.74, 6) is 0.118. The van der Waals surface area contributed by atoms with E-state index in [4.69, 9.17) is 0 Å². The van der Waals surface area contributed by atoms with Crippen LogP contribution in [-0.2, 0) is 4.79 Å². The van der Waals surface area contributed by atoms with Gasteiger partial charge < -0.3 is 0 Å². The molecule has 0 saturated heterocycles. The quantitative estimate of drug-likeness (QED) is 0.487. The van der Waals surface area contributed by atoms with E-state index in [1.165, 1.54) is 0 Å². The van der Waals surface area contributed by atoms with Gasteiger partial charge in [0, 0.05) is 5.57 Å². The lowest BCUT2D eigenvalue weighted by Gasteiger charge is -2.04. The molecule has 0 rings (SSSR count). The van der Waals surface area contributed by atoms with Gasteiger partial charge >= 0.3 is 0 Å². The van der Waals surface area contributed by atoms with Gasteiger partial charge in [-0.1, -0.05) is 45.6 Å². The molecule has 0 aliphatic rings. The molecule has 0 fully saturated rings. The van der Waals surface area contributed by atoms with Crippen molar-refractivity contribution >= 4 is 5.78 Å². The van der Waals surface area contributed by atoms with Gasteiger partial charge in [0.25, 0.3) is 0 Å². The third-order valence-corrected chi connectivity index (χ3v) is 1.71. The second kappa shape index (κ2) is 9.97. The summed E-state index contributed by atoms with van der Waals surface area (Å²) in [6.45, 7) is 13.1. The first kappa shape index (κ1) is 15.4. The Morgan fingerprint density at radius 2 is 1.86 bits per heavy atom. The van der Waals surface area contributed by atoms with Crippen LogP contribution in [-0.4, -0.2) is 5.78 Å². The van der Waals surface area contributed by atoms with Crippen LogP contribution in [0.4, 0.5) is 0 Å². The predicted octanol–water partition coefficient (Wildman–Crippen LogP) is 4.07. The van der Waals surface area contributed by atoms with Gasteiger partial charge in [-0.2, -0.15) is 0 Å². The maximum atomic E-state index is 11.1. The van der Waals surface area contributed by atoms with Crippen LogP contribution in [0.1, 0.15) is 41.0 Å². The molecule has 0 saturated carbocycles. The van der Waals surface area contributed by atoms with Crippen LogP contribution in [0.5, 0.6) is 0 Å². The first-order valence-electron chi connectivity index (χ1n) is 5.16. The van der Waals surface area contributed by atoms with Gasteiger partial charge in [-0.05, 0) is 25.8 Å². The number of hydrogen-bond donors (Lipinski definition) is 0. The largest absolute Gasteiger partial charge is 0.295 e. The molecule has 0 spiro atoms. The molecule has 0 heterocycles. The van der Waals surface area contributed by atoms with Gasteiger partial charge in [0.2, 0.25) is 0 Å². The minimum Gasteiger partial charge on any atom is -0.295 e. The summed E-state index contributed by atoms with van der Waals surface area (Å²) in [5, 5.41) is 0. The first-order chi connectivity index (χ1) is 6.67. The van der Waals surface area contributed by atoms with Gasteiger partial charge in [-0.25, -0.2) is 0 Å². The minimum atomic E-state index is 0.118. The van der Waals surface area contributed by atoms with Crippen LogP contribution in [0.3, 0.4) is 0 Å². The monoisotopic (exact) mass is 194 g/mol. The van der Waals surface area contributed by atoms with Crippen molar-refractivity contribution in [1.82, 2.24) is 0 Å². The van der Waals surface area contributed by atoms with Gasteiger partial charge in [-0.3, -0.25) is 4.79 Å². The van der Waals surface area contributed by atoms with Crippen LogP contribution in [0.15, 0.2) is 36.0 Å². The van der Waals surface area contributed by atoms with E-state index in [2.05, 4.69) is 6.58 Å². The Hall–Kier alpha value is -1.11. The summed E-state index contributed by atoms with van der Waals surface area (Å²) in [5.41, 5.74) is 1.86. The number of Topliss-reactive ketones (excluding diaryl/α,β-unsaturated/α-hetero) is 1. The summed E-state index contributed by atoms with van der Waals surface area (Å²) >= 11 is 0. The van der Waals surface area contributed by atoms with Gasteiger partial charge in [0.1, 0.15) is 0 Å². The Kier molecular flexibility index (Phi) is 10.9. The summed E-state index contributed by atoms with van der Waals surface area (Å²) < 4.78 is 0. The van der Waals surface area contributed by atoms with E-state index in [-0.39, 0.29) is 5.78 Å². The fraction of sp³-hybridized carbons (Fsp3) is 0.462. The summed E-state index contributed by atoms with van der Waals surface area (Å²) in [6, 6.07) is 0. The van der Waals surface area contributed by atoms with Crippen molar-refractivity contribution in [2.45, 2.75) is 41.0 Å². The first-order valence-corrected chi connectivity index (χ1v) is 5.16. The average molecular weight is 194 g/mol. The molecule has 0 aliphatic heterocycles. The maximum absolute atomic E-state index is 11.1. The Morgan fingerprint density at radius 1 is 1.36 bits per heavy atom. The van der Waals surface area contributed by atoms with Crippen molar-refractivity contribution in [2.24, 2.45) is 0 Å². The Bertz CT molecular complexity index is 232. The van der Waals surface area contributed by atoms with Crippen LogP contribution in [0.25, 0.3) is 0 Å². The molecule has 0 atom stereocenters. The van der Waals surface area contributed by atoms with Gasteiger partial charge in [-0.15, -0.1) is 0 Å². The van der Waals surface area contributed by atoms with Crippen LogP contribution in [0, 0.1) is 0 Å². The number of hydrogen-bond acceptors (Lipinski definition) is 1. The molecule has 1 nitrogen and oxygen atoms in total. The molecular weight excluding hydrogens is 172 g/mol. The zero-order valence-corrected chi connectivity index (χ0v) is 10.1. The van der Waals surface area contributed by atoms with Crippen molar-refractivity contribution in [3.8, 4) is 0 Å². The normalized spacial score (nSPS) is 11.5. The van der Waals surface area contributed by atoms with E-state index >= 15 is 0 Å². The third kappa shape index (κ3) is 5.52. The molecule has 0 aliphatic carbocycles. The Morgan fingerprint density at radius 3 is 2.07 bits per heavy atom. The smallest absolute Gasteiger partial charge is 0.159 e. The molecule has 0 unspecified atom stereocenters. The van der Waals surface area contributed by atoms with Crippen LogP contribution < -0.4 is 0 Å². The molecule has 0 bridgehead atoms. The lowest BCUT2D eigenvalue weighted by molar-refractivity contribution is -0.113. The highest BCUT2D eigenvalue weighted by molar-refractivity contribution is 5.97. The molecule has 14 heavy (non-hydrogen) atoms. The Labute approximate surface area is 88.2 Å². The van der Waals surface area contributed by atoms with Crippen molar-refractivity contribution in [3.63, 3.8) is 0 Å². The molecule has 0 aromatic carbocycles. The van der Waals surface area contributed by atoms with E-state index in [9.17, 15) is 4.79 Å². The highest BCUT2D eigenvalue weighted by atomic mass is 16.1. The van der Waals surface area contributed by atoms with E-state index in [0.29, 0.717) is 0 Å². The van der Waals surface area contributed by atoms with Crippen molar-refractivity contribution in [2.75, 3.05) is 0 Å². The molecule has 0 amide bonds. The average Bonchev–Trinajstić information content (AvgIpc) is 2.20. The second-order valence-electron chi connectivity index (χ2n) is 2.54. The zero-order chi connectivity index (χ0) is 11.6. The van der Waals surface area contributed by atoms with Crippen LogP contribution in [0.2, 0.25) is 0 Å². The number of ketones is 1. The minimum absolute atomic E-state index is 0.118. The molecule has 80 valence electrons. The lowest BCUT2D eigenvalue weighted by atomic mass is 10.00.